The van der Waals surface area contributed by atoms with Gasteiger partial charge in [0.2, 0.25) is 0 Å². The largest absolute Gasteiger partial charge is 0.496 e. The SMILES string of the molecule is COc1cc(C(C)C)ccc1C(=O)N1CCN(C(=O)C2CCCO2)CC1. The van der Waals surface area contributed by atoms with Crippen molar-refractivity contribution in [3.63, 3.8) is 0 Å². The summed E-state index contributed by atoms with van der Waals surface area (Å²) in [5.74, 6) is 1.01. The molecular formula is C20H28N2O4. The van der Waals surface area contributed by atoms with Crippen molar-refractivity contribution in [3.05, 3.63) is 29.3 Å². The van der Waals surface area contributed by atoms with Crippen molar-refractivity contribution in [2.24, 2.45) is 0 Å². The van der Waals surface area contributed by atoms with Crippen LogP contribution in [0.3, 0.4) is 0 Å². The molecule has 0 radical (unpaired) electrons. The molecule has 0 bridgehead atoms. The molecule has 0 aliphatic carbocycles. The normalized spacial score (nSPS) is 20.5. The lowest BCUT2D eigenvalue weighted by molar-refractivity contribution is -0.142. The summed E-state index contributed by atoms with van der Waals surface area (Å²) < 4.78 is 10.9. The molecule has 1 unspecified atom stereocenters. The number of rotatable bonds is 4. The lowest BCUT2D eigenvalue weighted by Gasteiger charge is -2.36. The standard InChI is InChI=1S/C20H28N2O4/c1-14(2)15-6-7-16(18(13-15)25-3)19(23)21-8-10-22(11-9-21)20(24)17-5-4-12-26-17/h6-7,13-14,17H,4-5,8-12H2,1-3H3. The van der Waals surface area contributed by atoms with Crippen molar-refractivity contribution in [3.8, 4) is 5.75 Å². The van der Waals surface area contributed by atoms with Crippen LogP contribution in [0.4, 0.5) is 0 Å². The van der Waals surface area contributed by atoms with E-state index in [4.69, 9.17) is 9.47 Å². The number of carbonyl (C=O) groups excluding carboxylic acids is 2. The Hall–Kier alpha value is -2.08. The summed E-state index contributed by atoms with van der Waals surface area (Å²) in [6, 6.07) is 5.77. The Kier molecular flexibility index (Phi) is 5.81. The first-order chi connectivity index (χ1) is 12.5. The molecule has 2 amide bonds. The first kappa shape index (κ1) is 18.7. The number of amides is 2. The Morgan fingerprint density at radius 2 is 1.85 bits per heavy atom. The van der Waals surface area contributed by atoms with Gasteiger partial charge in [-0.05, 0) is 36.5 Å². The smallest absolute Gasteiger partial charge is 0.257 e. The van der Waals surface area contributed by atoms with E-state index in [0.717, 1.165) is 18.4 Å². The predicted molar refractivity (Wildman–Crippen MR) is 98.5 cm³/mol. The maximum Gasteiger partial charge on any atom is 0.257 e. The summed E-state index contributed by atoms with van der Waals surface area (Å²) >= 11 is 0. The van der Waals surface area contributed by atoms with Gasteiger partial charge in [-0.25, -0.2) is 0 Å². The molecule has 3 rings (SSSR count). The van der Waals surface area contributed by atoms with Gasteiger partial charge >= 0.3 is 0 Å². The Balaban J connectivity index is 1.64. The van der Waals surface area contributed by atoms with Crippen molar-refractivity contribution in [1.82, 2.24) is 9.80 Å². The van der Waals surface area contributed by atoms with Gasteiger partial charge in [0.05, 0.1) is 12.7 Å². The molecular weight excluding hydrogens is 332 g/mol. The summed E-state index contributed by atoms with van der Waals surface area (Å²) in [7, 11) is 1.59. The monoisotopic (exact) mass is 360 g/mol. The van der Waals surface area contributed by atoms with Gasteiger partial charge in [-0.15, -0.1) is 0 Å². The molecule has 2 fully saturated rings. The fourth-order valence-electron chi connectivity index (χ4n) is 3.52. The first-order valence-corrected chi connectivity index (χ1v) is 9.39. The second kappa shape index (κ2) is 8.08. The van der Waals surface area contributed by atoms with Crippen molar-refractivity contribution in [2.45, 2.75) is 38.7 Å². The van der Waals surface area contributed by atoms with Crippen LogP contribution in [0.1, 0.15) is 48.5 Å². The fourth-order valence-corrected chi connectivity index (χ4v) is 3.52. The van der Waals surface area contributed by atoms with E-state index in [2.05, 4.69) is 13.8 Å². The van der Waals surface area contributed by atoms with Gasteiger partial charge in [0.25, 0.3) is 11.8 Å². The minimum atomic E-state index is -0.291. The van der Waals surface area contributed by atoms with Gasteiger partial charge in [-0.1, -0.05) is 19.9 Å². The summed E-state index contributed by atoms with van der Waals surface area (Å²) in [5.41, 5.74) is 1.72. The lowest BCUT2D eigenvalue weighted by atomic mass is 10.0. The van der Waals surface area contributed by atoms with Gasteiger partial charge in [-0.2, -0.15) is 0 Å². The maximum absolute atomic E-state index is 12.9. The molecule has 6 nitrogen and oxygen atoms in total. The molecule has 2 saturated heterocycles. The number of ether oxygens (including phenoxy) is 2. The number of hydrogen-bond donors (Lipinski definition) is 0. The summed E-state index contributed by atoms with van der Waals surface area (Å²) in [5, 5.41) is 0. The third-order valence-corrected chi connectivity index (χ3v) is 5.21. The molecule has 6 heteroatoms. The number of piperazine rings is 1. The van der Waals surface area contributed by atoms with Crippen LogP contribution in [0.15, 0.2) is 18.2 Å². The number of benzene rings is 1. The second-order valence-corrected chi connectivity index (χ2v) is 7.23. The number of carbonyl (C=O) groups is 2. The lowest BCUT2D eigenvalue weighted by Crippen LogP contribution is -2.52. The summed E-state index contributed by atoms with van der Waals surface area (Å²) in [6.45, 7) is 7.06. The van der Waals surface area contributed by atoms with E-state index in [1.165, 1.54) is 0 Å². The zero-order chi connectivity index (χ0) is 18.7. The molecule has 2 aliphatic rings. The first-order valence-electron chi connectivity index (χ1n) is 9.39. The van der Waals surface area contributed by atoms with Gasteiger partial charge in [-0.3, -0.25) is 9.59 Å². The van der Waals surface area contributed by atoms with E-state index in [-0.39, 0.29) is 17.9 Å². The van der Waals surface area contributed by atoms with E-state index in [0.29, 0.717) is 50.0 Å². The Morgan fingerprint density at radius 3 is 2.42 bits per heavy atom. The van der Waals surface area contributed by atoms with Gasteiger partial charge in [0.1, 0.15) is 11.9 Å². The van der Waals surface area contributed by atoms with Gasteiger partial charge < -0.3 is 19.3 Å². The molecule has 0 aromatic heterocycles. The fraction of sp³-hybridized carbons (Fsp3) is 0.600. The molecule has 0 saturated carbocycles. The van der Waals surface area contributed by atoms with Crippen molar-refractivity contribution >= 4 is 11.8 Å². The molecule has 0 spiro atoms. The van der Waals surface area contributed by atoms with Crippen LogP contribution in [0.25, 0.3) is 0 Å². The minimum absolute atomic E-state index is 0.0404. The zero-order valence-corrected chi connectivity index (χ0v) is 15.9. The molecule has 2 heterocycles. The average Bonchev–Trinajstić information content (AvgIpc) is 3.21. The number of methoxy groups -OCH3 is 1. The summed E-state index contributed by atoms with van der Waals surface area (Å²) in [6.07, 6.45) is 1.46. The van der Waals surface area contributed by atoms with E-state index in [1.54, 1.807) is 12.0 Å². The van der Waals surface area contributed by atoms with Crippen molar-refractivity contribution in [1.29, 1.82) is 0 Å². The molecule has 0 N–H and O–H groups in total. The molecule has 1 aromatic carbocycles. The topological polar surface area (TPSA) is 59.1 Å². The highest BCUT2D eigenvalue weighted by Crippen LogP contribution is 2.26. The Labute approximate surface area is 155 Å². The van der Waals surface area contributed by atoms with E-state index in [1.807, 2.05) is 23.1 Å². The average molecular weight is 360 g/mol. The predicted octanol–water partition coefficient (Wildman–Crippen LogP) is 2.28. The van der Waals surface area contributed by atoms with Crippen LogP contribution >= 0.6 is 0 Å². The van der Waals surface area contributed by atoms with Crippen LogP contribution in [-0.2, 0) is 9.53 Å². The van der Waals surface area contributed by atoms with Crippen LogP contribution in [0.2, 0.25) is 0 Å². The maximum atomic E-state index is 12.9. The second-order valence-electron chi connectivity index (χ2n) is 7.23. The molecule has 1 aromatic rings. The highest BCUT2D eigenvalue weighted by atomic mass is 16.5. The van der Waals surface area contributed by atoms with E-state index in [9.17, 15) is 9.59 Å². The molecule has 2 aliphatic heterocycles. The number of hydrogen-bond acceptors (Lipinski definition) is 4. The number of nitrogens with zero attached hydrogens (tertiary/aromatic N) is 2. The van der Waals surface area contributed by atoms with Gasteiger partial charge in [0, 0.05) is 32.8 Å². The molecule has 26 heavy (non-hydrogen) atoms. The van der Waals surface area contributed by atoms with Gasteiger partial charge in [0.15, 0.2) is 0 Å². The van der Waals surface area contributed by atoms with Crippen LogP contribution in [0, 0.1) is 0 Å². The highest BCUT2D eigenvalue weighted by Gasteiger charge is 2.32. The van der Waals surface area contributed by atoms with Crippen LogP contribution < -0.4 is 4.74 Å². The third-order valence-electron chi connectivity index (χ3n) is 5.21. The van der Waals surface area contributed by atoms with Crippen molar-refractivity contribution in [2.75, 3.05) is 39.9 Å². The van der Waals surface area contributed by atoms with E-state index >= 15 is 0 Å². The Morgan fingerprint density at radius 1 is 1.15 bits per heavy atom. The van der Waals surface area contributed by atoms with E-state index < -0.39 is 0 Å². The molecule has 1 atom stereocenters. The van der Waals surface area contributed by atoms with Crippen LogP contribution in [-0.4, -0.2) is 67.6 Å². The van der Waals surface area contributed by atoms with Crippen molar-refractivity contribution < 1.29 is 19.1 Å². The highest BCUT2D eigenvalue weighted by molar-refractivity contribution is 5.97. The summed E-state index contributed by atoms with van der Waals surface area (Å²) in [4.78, 5) is 29.0. The zero-order valence-electron chi connectivity index (χ0n) is 15.9. The Bertz CT molecular complexity index is 660. The minimum Gasteiger partial charge on any atom is -0.496 e. The third kappa shape index (κ3) is 3.85. The van der Waals surface area contributed by atoms with Crippen LogP contribution in [0.5, 0.6) is 5.75 Å². The quantitative estimate of drug-likeness (QED) is 0.827. The molecule has 142 valence electrons.